The van der Waals surface area contributed by atoms with Crippen LogP contribution in [0, 0.1) is 5.41 Å². The molecule has 8 heteroatoms. The SMILES string of the molecule is COc1ccc(C2=NN(C3CCN(C(=O)c4cccc(CN)c4)CC3)C(C=O)C2(C)C)cc1OC. The summed E-state index contributed by atoms with van der Waals surface area (Å²) >= 11 is 0. The molecule has 1 saturated heterocycles. The minimum absolute atomic E-state index is 0.0157. The fourth-order valence-corrected chi connectivity index (χ4v) is 5.08. The van der Waals surface area contributed by atoms with Crippen molar-refractivity contribution in [2.24, 2.45) is 16.3 Å². The van der Waals surface area contributed by atoms with Gasteiger partial charge in [-0.2, -0.15) is 5.10 Å². The number of hydrazone groups is 1. The smallest absolute Gasteiger partial charge is 0.253 e. The summed E-state index contributed by atoms with van der Waals surface area (Å²) in [6, 6.07) is 12.9. The first-order valence-electron chi connectivity index (χ1n) is 12.0. The predicted octanol–water partition coefficient (Wildman–Crippen LogP) is 3.08. The van der Waals surface area contributed by atoms with Gasteiger partial charge in [0, 0.05) is 36.2 Å². The normalized spacial score (nSPS) is 19.9. The summed E-state index contributed by atoms with van der Waals surface area (Å²) in [4.78, 5) is 27.2. The van der Waals surface area contributed by atoms with E-state index in [9.17, 15) is 9.59 Å². The third-order valence-electron chi connectivity index (χ3n) is 7.17. The van der Waals surface area contributed by atoms with Crippen LogP contribution in [0.5, 0.6) is 11.5 Å². The lowest BCUT2D eigenvalue weighted by molar-refractivity contribution is -0.115. The number of nitrogens with two attached hydrogens (primary N) is 1. The van der Waals surface area contributed by atoms with Crippen LogP contribution in [0.15, 0.2) is 47.6 Å². The zero-order chi connectivity index (χ0) is 25.2. The van der Waals surface area contributed by atoms with E-state index >= 15 is 0 Å². The van der Waals surface area contributed by atoms with Crippen LogP contribution >= 0.6 is 0 Å². The fraction of sp³-hybridized carbons (Fsp3) is 0.444. The summed E-state index contributed by atoms with van der Waals surface area (Å²) in [5.74, 6) is 1.28. The van der Waals surface area contributed by atoms with Crippen LogP contribution in [0.4, 0.5) is 0 Å². The summed E-state index contributed by atoms with van der Waals surface area (Å²) in [5.41, 5.74) is 8.58. The molecule has 0 bridgehead atoms. The Hall–Kier alpha value is -3.39. The first-order chi connectivity index (χ1) is 16.8. The first kappa shape index (κ1) is 24.7. The van der Waals surface area contributed by atoms with Crippen LogP contribution in [-0.2, 0) is 11.3 Å². The van der Waals surface area contributed by atoms with Gasteiger partial charge in [-0.25, -0.2) is 0 Å². The van der Waals surface area contributed by atoms with Gasteiger partial charge in [0.1, 0.15) is 12.3 Å². The molecule has 4 rings (SSSR count). The Balaban J connectivity index is 1.53. The summed E-state index contributed by atoms with van der Waals surface area (Å²) in [5, 5.41) is 6.93. The number of benzene rings is 2. The molecule has 0 saturated carbocycles. The number of hydrogen-bond donors (Lipinski definition) is 1. The van der Waals surface area contributed by atoms with E-state index in [-0.39, 0.29) is 18.0 Å². The molecule has 1 unspecified atom stereocenters. The number of carbonyl (C=O) groups excluding carboxylic acids is 2. The third-order valence-corrected chi connectivity index (χ3v) is 7.17. The molecule has 8 nitrogen and oxygen atoms in total. The molecule has 186 valence electrons. The molecule has 1 fully saturated rings. The lowest BCUT2D eigenvalue weighted by Crippen LogP contribution is -2.50. The van der Waals surface area contributed by atoms with Gasteiger partial charge in [0.2, 0.25) is 0 Å². The van der Waals surface area contributed by atoms with E-state index in [0.717, 1.165) is 36.0 Å². The second-order valence-electron chi connectivity index (χ2n) is 9.63. The van der Waals surface area contributed by atoms with Crippen LogP contribution in [0.25, 0.3) is 0 Å². The molecular weight excluding hydrogens is 444 g/mol. The zero-order valence-corrected chi connectivity index (χ0v) is 20.9. The molecule has 2 N–H and O–H groups in total. The highest BCUT2D eigenvalue weighted by molar-refractivity contribution is 6.07. The van der Waals surface area contributed by atoms with E-state index in [1.807, 2.05) is 66.2 Å². The van der Waals surface area contributed by atoms with Crippen LogP contribution in [0.1, 0.15) is 48.2 Å². The van der Waals surface area contributed by atoms with Gasteiger partial charge in [-0.15, -0.1) is 0 Å². The molecule has 35 heavy (non-hydrogen) atoms. The van der Waals surface area contributed by atoms with Gasteiger partial charge in [-0.1, -0.05) is 26.0 Å². The van der Waals surface area contributed by atoms with E-state index in [1.165, 1.54) is 0 Å². The fourth-order valence-electron chi connectivity index (χ4n) is 5.08. The van der Waals surface area contributed by atoms with E-state index in [1.54, 1.807) is 14.2 Å². The van der Waals surface area contributed by atoms with Crippen molar-refractivity contribution in [1.29, 1.82) is 0 Å². The Morgan fingerprint density at radius 2 is 1.83 bits per heavy atom. The van der Waals surface area contributed by atoms with Crippen molar-refractivity contribution >= 4 is 17.9 Å². The van der Waals surface area contributed by atoms with Gasteiger partial charge in [0.15, 0.2) is 11.5 Å². The predicted molar refractivity (Wildman–Crippen MR) is 135 cm³/mol. The molecule has 0 aliphatic carbocycles. The first-order valence-corrected chi connectivity index (χ1v) is 12.0. The van der Waals surface area contributed by atoms with Crippen molar-refractivity contribution in [1.82, 2.24) is 9.91 Å². The standard InChI is InChI=1S/C27H34N4O4/c1-27(2)24(17-32)31(29-25(27)19-8-9-22(34-3)23(15-19)35-4)21-10-12-30(13-11-21)26(33)20-7-5-6-18(14-20)16-28/h5-9,14-15,17,21,24H,10-13,16,28H2,1-4H3. The highest BCUT2D eigenvalue weighted by atomic mass is 16.5. The van der Waals surface area contributed by atoms with Crippen molar-refractivity contribution < 1.29 is 19.1 Å². The maximum Gasteiger partial charge on any atom is 0.253 e. The van der Waals surface area contributed by atoms with E-state index < -0.39 is 5.41 Å². The maximum atomic E-state index is 13.0. The molecule has 0 spiro atoms. The minimum atomic E-state index is -0.489. The monoisotopic (exact) mass is 478 g/mol. The second-order valence-corrected chi connectivity index (χ2v) is 9.63. The number of ether oxygens (including phenoxy) is 2. The van der Waals surface area contributed by atoms with Gasteiger partial charge < -0.3 is 24.9 Å². The summed E-state index contributed by atoms with van der Waals surface area (Å²) in [7, 11) is 3.20. The maximum absolute atomic E-state index is 13.0. The zero-order valence-electron chi connectivity index (χ0n) is 20.9. The topological polar surface area (TPSA) is 97.5 Å². The van der Waals surface area contributed by atoms with Crippen LogP contribution in [0.2, 0.25) is 0 Å². The summed E-state index contributed by atoms with van der Waals surface area (Å²) in [6.07, 6.45) is 2.48. The average molecular weight is 479 g/mol. The Bertz CT molecular complexity index is 1120. The molecule has 2 aliphatic rings. The highest BCUT2D eigenvalue weighted by Gasteiger charge is 2.47. The van der Waals surface area contributed by atoms with Crippen molar-refractivity contribution in [3.05, 3.63) is 59.2 Å². The third kappa shape index (κ3) is 4.62. The van der Waals surface area contributed by atoms with Crippen molar-refractivity contribution in [2.75, 3.05) is 27.3 Å². The lowest BCUT2D eigenvalue weighted by atomic mass is 9.78. The minimum Gasteiger partial charge on any atom is -0.493 e. The number of piperidine rings is 1. The number of methoxy groups -OCH3 is 2. The van der Waals surface area contributed by atoms with Gasteiger partial charge in [0.05, 0.1) is 26.0 Å². The number of nitrogens with zero attached hydrogens (tertiary/aromatic N) is 3. The molecular formula is C27H34N4O4. The molecule has 1 amide bonds. The van der Waals surface area contributed by atoms with Gasteiger partial charge in [-0.05, 0) is 48.7 Å². The van der Waals surface area contributed by atoms with Crippen LogP contribution < -0.4 is 15.2 Å². The molecule has 0 radical (unpaired) electrons. The lowest BCUT2D eigenvalue weighted by Gasteiger charge is -2.39. The van der Waals surface area contributed by atoms with E-state index in [4.69, 9.17) is 20.3 Å². The number of aldehydes is 1. The summed E-state index contributed by atoms with van der Waals surface area (Å²) < 4.78 is 10.8. The van der Waals surface area contributed by atoms with Crippen LogP contribution in [-0.4, -0.2) is 67.2 Å². The van der Waals surface area contributed by atoms with Crippen molar-refractivity contribution in [2.45, 2.75) is 45.3 Å². The highest BCUT2D eigenvalue weighted by Crippen LogP contribution is 2.40. The Morgan fingerprint density at radius 3 is 2.46 bits per heavy atom. The number of hydrogen-bond acceptors (Lipinski definition) is 7. The van der Waals surface area contributed by atoms with Gasteiger partial charge >= 0.3 is 0 Å². The van der Waals surface area contributed by atoms with Gasteiger partial charge in [-0.3, -0.25) is 9.80 Å². The van der Waals surface area contributed by atoms with Gasteiger partial charge in [0.25, 0.3) is 5.91 Å². The number of carbonyl (C=O) groups is 2. The number of rotatable bonds is 7. The van der Waals surface area contributed by atoms with Crippen molar-refractivity contribution in [3.8, 4) is 11.5 Å². The molecule has 2 aromatic carbocycles. The largest absolute Gasteiger partial charge is 0.493 e. The van der Waals surface area contributed by atoms with E-state index in [2.05, 4.69) is 0 Å². The summed E-state index contributed by atoms with van der Waals surface area (Å²) in [6.45, 7) is 5.72. The average Bonchev–Trinajstić information content (AvgIpc) is 3.17. The second kappa shape index (κ2) is 10.1. The Kier molecular flexibility index (Phi) is 7.12. The molecule has 2 aromatic rings. The quantitative estimate of drug-likeness (QED) is 0.615. The van der Waals surface area contributed by atoms with Crippen molar-refractivity contribution in [3.63, 3.8) is 0 Å². The number of amides is 1. The molecule has 2 aliphatic heterocycles. The molecule has 2 heterocycles. The molecule has 0 aromatic heterocycles. The van der Waals surface area contributed by atoms with E-state index in [0.29, 0.717) is 36.7 Å². The Labute approximate surface area is 206 Å². The Morgan fingerprint density at radius 1 is 1.11 bits per heavy atom. The van der Waals surface area contributed by atoms with Crippen LogP contribution in [0.3, 0.4) is 0 Å². The number of likely N-dealkylation sites (tertiary alicyclic amines) is 1. The molecule has 1 atom stereocenters.